The van der Waals surface area contributed by atoms with Crippen molar-refractivity contribution < 1.29 is 29.0 Å². The molecule has 0 aliphatic rings. The predicted molar refractivity (Wildman–Crippen MR) is 90.9 cm³/mol. The van der Waals surface area contributed by atoms with Gasteiger partial charge in [0.2, 0.25) is 0 Å². The first-order chi connectivity index (χ1) is 11.7. The van der Waals surface area contributed by atoms with E-state index in [-0.39, 0.29) is 25.9 Å². The van der Waals surface area contributed by atoms with Crippen LogP contribution in [-0.4, -0.2) is 34.8 Å². The molecule has 0 saturated heterocycles. The van der Waals surface area contributed by atoms with Crippen LogP contribution in [0.2, 0.25) is 0 Å². The average Bonchev–Trinajstić information content (AvgIpc) is 2.51. The van der Waals surface area contributed by atoms with Crippen LogP contribution >= 0.6 is 0 Å². The van der Waals surface area contributed by atoms with Crippen molar-refractivity contribution in [2.24, 2.45) is 0 Å². The number of rotatable bonds is 8. The summed E-state index contributed by atoms with van der Waals surface area (Å²) < 4.78 is 10.1. The first-order valence-corrected chi connectivity index (χ1v) is 8.09. The highest BCUT2D eigenvalue weighted by Gasteiger charge is 2.23. The number of benzene rings is 1. The van der Waals surface area contributed by atoms with Gasteiger partial charge in [-0.1, -0.05) is 30.3 Å². The monoisotopic (exact) mass is 351 g/mol. The number of amides is 1. The number of carboxylic acid groups (broad SMARTS) is 1. The van der Waals surface area contributed by atoms with E-state index >= 15 is 0 Å². The van der Waals surface area contributed by atoms with Crippen molar-refractivity contribution in [3.63, 3.8) is 0 Å². The Balaban J connectivity index is 2.33. The smallest absolute Gasteiger partial charge is 0.408 e. The Hall–Kier alpha value is -2.57. The number of ether oxygens (including phenoxy) is 2. The van der Waals surface area contributed by atoms with Crippen molar-refractivity contribution in [2.75, 3.05) is 0 Å². The molecule has 1 amide bonds. The molecule has 138 valence electrons. The first kappa shape index (κ1) is 20.5. The molecule has 0 radical (unpaired) electrons. The summed E-state index contributed by atoms with van der Waals surface area (Å²) in [5.41, 5.74) is 0.167. The Kier molecular flexibility index (Phi) is 7.91. The molecule has 0 aliphatic carbocycles. The van der Waals surface area contributed by atoms with Crippen LogP contribution in [0.4, 0.5) is 4.79 Å². The van der Waals surface area contributed by atoms with Crippen LogP contribution in [0, 0.1) is 0 Å². The molecule has 0 bridgehead atoms. The third kappa shape index (κ3) is 9.34. The van der Waals surface area contributed by atoms with Crippen molar-refractivity contribution in [3.8, 4) is 0 Å². The lowest BCUT2D eigenvalue weighted by Crippen LogP contribution is -2.43. The van der Waals surface area contributed by atoms with E-state index in [1.165, 1.54) is 0 Å². The maximum atomic E-state index is 11.7. The lowest BCUT2D eigenvalue weighted by atomic mass is 10.1. The van der Waals surface area contributed by atoms with Crippen LogP contribution in [0.1, 0.15) is 45.6 Å². The van der Waals surface area contributed by atoms with Crippen LogP contribution in [0.3, 0.4) is 0 Å². The van der Waals surface area contributed by atoms with Gasteiger partial charge >= 0.3 is 18.0 Å². The Morgan fingerprint density at radius 3 is 2.36 bits per heavy atom. The van der Waals surface area contributed by atoms with E-state index in [2.05, 4.69) is 5.32 Å². The van der Waals surface area contributed by atoms with Crippen LogP contribution in [0.15, 0.2) is 30.3 Å². The molecule has 0 heterocycles. The second kappa shape index (κ2) is 9.66. The number of carbonyl (C=O) groups excluding carboxylic acids is 2. The molecule has 0 fully saturated rings. The molecular weight excluding hydrogens is 326 g/mol. The zero-order chi connectivity index (χ0) is 18.9. The number of hydrogen-bond acceptors (Lipinski definition) is 5. The second-order valence-electron chi connectivity index (χ2n) is 6.58. The van der Waals surface area contributed by atoms with Crippen molar-refractivity contribution in [2.45, 2.75) is 58.3 Å². The molecule has 2 N–H and O–H groups in total. The molecule has 7 heteroatoms. The van der Waals surface area contributed by atoms with Gasteiger partial charge in [-0.05, 0) is 39.2 Å². The molecule has 1 aromatic rings. The van der Waals surface area contributed by atoms with E-state index in [0.717, 1.165) is 5.56 Å². The molecule has 0 spiro atoms. The zero-order valence-electron chi connectivity index (χ0n) is 14.8. The summed E-state index contributed by atoms with van der Waals surface area (Å²) in [6, 6.07) is 8.15. The highest BCUT2D eigenvalue weighted by atomic mass is 16.6. The van der Waals surface area contributed by atoms with E-state index in [4.69, 9.17) is 14.6 Å². The number of alkyl carbamates (subject to hydrolysis) is 1. The Morgan fingerprint density at radius 1 is 1.16 bits per heavy atom. The normalized spacial score (nSPS) is 12.1. The first-order valence-electron chi connectivity index (χ1n) is 8.09. The third-order valence-corrected chi connectivity index (χ3v) is 3.11. The van der Waals surface area contributed by atoms with E-state index in [1.807, 2.05) is 30.3 Å². The lowest BCUT2D eigenvalue weighted by Gasteiger charge is -2.21. The molecule has 1 rings (SSSR count). The lowest BCUT2D eigenvalue weighted by molar-refractivity contribution is -0.145. The summed E-state index contributed by atoms with van der Waals surface area (Å²) in [5.74, 6) is -1.59. The minimum absolute atomic E-state index is 0.0760. The zero-order valence-corrected chi connectivity index (χ0v) is 14.8. The van der Waals surface area contributed by atoms with Crippen molar-refractivity contribution >= 4 is 18.0 Å². The van der Waals surface area contributed by atoms with Crippen LogP contribution in [0.5, 0.6) is 0 Å². The van der Waals surface area contributed by atoms with Gasteiger partial charge in [0, 0.05) is 6.42 Å². The fourth-order valence-corrected chi connectivity index (χ4v) is 1.97. The molecule has 7 nitrogen and oxygen atoms in total. The van der Waals surface area contributed by atoms with E-state index < -0.39 is 29.7 Å². The topological polar surface area (TPSA) is 102 Å². The number of esters is 1. The molecule has 25 heavy (non-hydrogen) atoms. The van der Waals surface area contributed by atoms with E-state index in [1.54, 1.807) is 20.8 Å². The summed E-state index contributed by atoms with van der Waals surface area (Å²) in [6.45, 7) is 5.24. The summed E-state index contributed by atoms with van der Waals surface area (Å²) in [6.07, 6.45) is -0.339. The number of nitrogens with one attached hydrogen (secondary N) is 1. The molecule has 1 atom stereocenters. The Morgan fingerprint density at radius 2 is 1.80 bits per heavy atom. The molecule has 1 unspecified atom stereocenters. The third-order valence-electron chi connectivity index (χ3n) is 3.11. The number of carbonyl (C=O) groups is 3. The molecular formula is C18H25NO6. The van der Waals surface area contributed by atoms with Crippen molar-refractivity contribution in [1.29, 1.82) is 0 Å². The molecule has 0 aliphatic heterocycles. The maximum Gasteiger partial charge on any atom is 0.408 e. The van der Waals surface area contributed by atoms with Crippen molar-refractivity contribution in [1.82, 2.24) is 5.32 Å². The molecule has 0 saturated carbocycles. The highest BCUT2D eigenvalue weighted by Crippen LogP contribution is 2.09. The summed E-state index contributed by atoms with van der Waals surface area (Å²) in [7, 11) is 0. The maximum absolute atomic E-state index is 11.7. The minimum atomic E-state index is -1.18. The van der Waals surface area contributed by atoms with Crippen LogP contribution in [0.25, 0.3) is 0 Å². The standard InChI is InChI=1S/C18H25NO6/c1-18(2,3)25-17(23)19-14(16(21)22)10-7-11-15(20)24-12-13-8-5-4-6-9-13/h4-6,8-9,14H,7,10-12H2,1-3H3,(H,19,23)(H,21,22). The Bertz CT molecular complexity index is 579. The Labute approximate surface area is 147 Å². The summed E-state index contributed by atoms with van der Waals surface area (Å²) in [4.78, 5) is 34.5. The fourth-order valence-electron chi connectivity index (χ4n) is 1.97. The average molecular weight is 351 g/mol. The largest absolute Gasteiger partial charge is 0.480 e. The fraction of sp³-hybridized carbons (Fsp3) is 0.500. The second-order valence-corrected chi connectivity index (χ2v) is 6.58. The van der Waals surface area contributed by atoms with Gasteiger partial charge in [-0.3, -0.25) is 4.79 Å². The SMILES string of the molecule is CC(C)(C)OC(=O)NC(CCCC(=O)OCc1ccccc1)C(=O)O. The van der Waals surface area contributed by atoms with Crippen LogP contribution in [-0.2, 0) is 25.7 Å². The minimum Gasteiger partial charge on any atom is -0.480 e. The van der Waals surface area contributed by atoms with Gasteiger partial charge < -0.3 is 19.9 Å². The summed E-state index contributed by atoms with van der Waals surface area (Å²) >= 11 is 0. The van der Waals surface area contributed by atoms with Crippen LogP contribution < -0.4 is 5.32 Å². The quantitative estimate of drug-likeness (QED) is 0.698. The van der Waals surface area contributed by atoms with Gasteiger partial charge in [-0.25, -0.2) is 9.59 Å². The van der Waals surface area contributed by atoms with Crippen molar-refractivity contribution in [3.05, 3.63) is 35.9 Å². The highest BCUT2D eigenvalue weighted by molar-refractivity contribution is 5.80. The summed E-state index contributed by atoms with van der Waals surface area (Å²) in [5, 5.41) is 11.4. The number of aliphatic carboxylic acids is 1. The van der Waals surface area contributed by atoms with Gasteiger partial charge in [-0.2, -0.15) is 0 Å². The van der Waals surface area contributed by atoms with Gasteiger partial charge in [0.25, 0.3) is 0 Å². The number of hydrogen-bond donors (Lipinski definition) is 2. The van der Waals surface area contributed by atoms with Gasteiger partial charge in [0.05, 0.1) is 0 Å². The van der Waals surface area contributed by atoms with Gasteiger partial charge in [0.15, 0.2) is 0 Å². The predicted octanol–water partition coefficient (Wildman–Crippen LogP) is 2.88. The number of carboxylic acids is 1. The van der Waals surface area contributed by atoms with Gasteiger partial charge in [0.1, 0.15) is 18.2 Å². The molecule has 1 aromatic carbocycles. The van der Waals surface area contributed by atoms with E-state index in [9.17, 15) is 14.4 Å². The van der Waals surface area contributed by atoms with E-state index in [0.29, 0.717) is 0 Å². The van der Waals surface area contributed by atoms with Gasteiger partial charge in [-0.15, -0.1) is 0 Å². The molecule has 0 aromatic heterocycles.